The predicted molar refractivity (Wildman–Crippen MR) is 79.0 cm³/mol. The number of esters is 1. The number of halogens is 3. The summed E-state index contributed by atoms with van der Waals surface area (Å²) in [5.74, 6) is -1.57. The minimum absolute atomic E-state index is 0.0733. The first-order valence-corrected chi connectivity index (χ1v) is 8.89. The highest BCUT2D eigenvalue weighted by atomic mass is 32.2. The van der Waals surface area contributed by atoms with Crippen LogP contribution in [0.5, 0.6) is 0 Å². The van der Waals surface area contributed by atoms with Crippen LogP contribution in [0.1, 0.15) is 45.4 Å². The Kier molecular flexibility index (Phi) is 6.82. The third-order valence-electron chi connectivity index (χ3n) is 3.75. The molecular formula is C14H20F3NO5S. The Bertz CT molecular complexity index is 592. The molecule has 0 unspecified atom stereocenters. The molecule has 1 fully saturated rings. The molecule has 0 spiro atoms. The zero-order valence-electron chi connectivity index (χ0n) is 13.2. The van der Waals surface area contributed by atoms with Gasteiger partial charge in [0.05, 0.1) is 0 Å². The standard InChI is InChI=1S/C14H20F3NO5S/c1-9(2)13(20)23-11-6-3-10(4-7-11)5-8-12(19)18-24(21,22)14(15,16)17/h10-11H,1,3-8H2,2H3,(H,18,19). The summed E-state index contributed by atoms with van der Waals surface area (Å²) in [4.78, 5) is 22.8. The van der Waals surface area contributed by atoms with Crippen LogP contribution < -0.4 is 4.72 Å². The second-order valence-electron chi connectivity index (χ2n) is 5.84. The molecule has 0 radical (unpaired) electrons. The van der Waals surface area contributed by atoms with Gasteiger partial charge in [-0.25, -0.2) is 9.52 Å². The van der Waals surface area contributed by atoms with E-state index in [0.29, 0.717) is 31.3 Å². The van der Waals surface area contributed by atoms with Crippen molar-refractivity contribution in [1.82, 2.24) is 4.72 Å². The van der Waals surface area contributed by atoms with Crippen LogP contribution in [-0.4, -0.2) is 31.9 Å². The summed E-state index contributed by atoms with van der Waals surface area (Å²) in [5.41, 5.74) is -5.20. The van der Waals surface area contributed by atoms with Crippen LogP contribution in [-0.2, 0) is 24.3 Å². The zero-order chi connectivity index (χ0) is 18.5. The number of hydrogen-bond acceptors (Lipinski definition) is 5. The van der Waals surface area contributed by atoms with Gasteiger partial charge in [-0.05, 0) is 44.9 Å². The Morgan fingerprint density at radius 3 is 2.21 bits per heavy atom. The van der Waals surface area contributed by atoms with Gasteiger partial charge in [0.1, 0.15) is 6.10 Å². The zero-order valence-corrected chi connectivity index (χ0v) is 14.0. The molecule has 1 rings (SSSR count). The number of ether oxygens (including phenoxy) is 1. The average molecular weight is 371 g/mol. The molecule has 6 nitrogen and oxygen atoms in total. The van der Waals surface area contributed by atoms with Crippen molar-refractivity contribution in [2.45, 2.75) is 57.1 Å². The molecule has 24 heavy (non-hydrogen) atoms. The highest BCUT2D eigenvalue weighted by Gasteiger charge is 2.46. The summed E-state index contributed by atoms with van der Waals surface area (Å²) in [6.45, 7) is 5.03. The molecule has 1 aliphatic rings. The van der Waals surface area contributed by atoms with Gasteiger partial charge in [-0.3, -0.25) is 4.79 Å². The quantitative estimate of drug-likeness (QED) is 0.572. The van der Waals surface area contributed by atoms with Crippen LogP contribution in [0.15, 0.2) is 12.2 Å². The topological polar surface area (TPSA) is 89.5 Å². The van der Waals surface area contributed by atoms with Crippen LogP contribution >= 0.6 is 0 Å². The van der Waals surface area contributed by atoms with Crippen LogP contribution in [0.4, 0.5) is 13.2 Å². The second kappa shape index (κ2) is 8.00. The SMILES string of the molecule is C=C(C)C(=O)OC1CCC(CCC(=O)NS(=O)(=O)C(F)(F)F)CC1. The summed E-state index contributed by atoms with van der Waals surface area (Å²) in [6.07, 6.45) is 2.21. The molecule has 0 saturated heterocycles. The third kappa shape index (κ3) is 6.14. The second-order valence-corrected chi connectivity index (χ2v) is 7.52. The van der Waals surface area contributed by atoms with Gasteiger partial charge < -0.3 is 4.74 Å². The molecule has 0 aromatic heterocycles. The Morgan fingerprint density at radius 2 is 1.75 bits per heavy atom. The maximum absolute atomic E-state index is 12.1. The summed E-state index contributed by atoms with van der Waals surface area (Å²) in [7, 11) is -5.65. The molecular weight excluding hydrogens is 351 g/mol. The summed E-state index contributed by atoms with van der Waals surface area (Å²) >= 11 is 0. The summed E-state index contributed by atoms with van der Waals surface area (Å²) in [6, 6.07) is 0. The van der Waals surface area contributed by atoms with Gasteiger partial charge in [-0.15, -0.1) is 0 Å². The van der Waals surface area contributed by atoms with Crippen molar-refractivity contribution in [2.24, 2.45) is 5.92 Å². The Labute approximate surface area is 138 Å². The van der Waals surface area contributed by atoms with Crippen molar-refractivity contribution in [3.05, 3.63) is 12.2 Å². The molecule has 0 aromatic carbocycles. The average Bonchev–Trinajstić information content (AvgIpc) is 2.44. The van der Waals surface area contributed by atoms with Gasteiger partial charge in [0.25, 0.3) is 0 Å². The van der Waals surface area contributed by atoms with Gasteiger partial charge in [-0.2, -0.15) is 21.6 Å². The number of alkyl halides is 3. The van der Waals surface area contributed by atoms with Crippen LogP contribution in [0, 0.1) is 5.92 Å². The molecule has 0 aliphatic heterocycles. The van der Waals surface area contributed by atoms with Crippen molar-refractivity contribution in [2.75, 3.05) is 0 Å². The Hall–Kier alpha value is -1.58. The van der Waals surface area contributed by atoms with Gasteiger partial charge in [0.15, 0.2) is 0 Å². The van der Waals surface area contributed by atoms with Crippen molar-refractivity contribution >= 4 is 21.9 Å². The fraction of sp³-hybridized carbons (Fsp3) is 0.714. The molecule has 1 N–H and O–H groups in total. The minimum atomic E-state index is -5.65. The Morgan fingerprint density at radius 1 is 1.21 bits per heavy atom. The van der Waals surface area contributed by atoms with E-state index in [0.717, 1.165) is 4.72 Å². The number of carbonyl (C=O) groups excluding carboxylic acids is 2. The van der Waals surface area contributed by atoms with Crippen LogP contribution in [0.3, 0.4) is 0 Å². The van der Waals surface area contributed by atoms with E-state index in [2.05, 4.69) is 6.58 Å². The normalized spacial score (nSPS) is 21.8. The molecule has 1 aliphatic carbocycles. The van der Waals surface area contributed by atoms with E-state index in [1.54, 1.807) is 6.92 Å². The lowest BCUT2D eigenvalue weighted by atomic mass is 9.84. The van der Waals surface area contributed by atoms with Gasteiger partial charge in [0, 0.05) is 12.0 Å². The van der Waals surface area contributed by atoms with Crippen molar-refractivity contribution in [1.29, 1.82) is 0 Å². The van der Waals surface area contributed by atoms with E-state index >= 15 is 0 Å². The number of rotatable bonds is 6. The number of sulfonamides is 1. The molecule has 1 amide bonds. The lowest BCUT2D eigenvalue weighted by Crippen LogP contribution is -2.40. The maximum Gasteiger partial charge on any atom is 0.516 e. The van der Waals surface area contributed by atoms with E-state index < -0.39 is 27.4 Å². The largest absolute Gasteiger partial charge is 0.516 e. The predicted octanol–water partition coefficient (Wildman–Crippen LogP) is 2.41. The lowest BCUT2D eigenvalue weighted by molar-refractivity contribution is -0.146. The number of nitrogens with one attached hydrogen (secondary N) is 1. The van der Waals surface area contributed by atoms with E-state index in [1.165, 1.54) is 0 Å². The molecule has 0 atom stereocenters. The Balaban J connectivity index is 2.34. The van der Waals surface area contributed by atoms with E-state index in [4.69, 9.17) is 4.74 Å². The fourth-order valence-electron chi connectivity index (χ4n) is 2.38. The number of hydrogen-bond donors (Lipinski definition) is 1. The number of carbonyl (C=O) groups is 2. The maximum atomic E-state index is 12.1. The smallest absolute Gasteiger partial charge is 0.459 e. The first-order chi connectivity index (χ1) is 10.9. The van der Waals surface area contributed by atoms with E-state index in [9.17, 15) is 31.2 Å². The van der Waals surface area contributed by atoms with Crippen LogP contribution in [0.2, 0.25) is 0 Å². The highest BCUT2D eigenvalue weighted by molar-refractivity contribution is 7.90. The third-order valence-corrected chi connectivity index (χ3v) is 4.85. The molecule has 10 heteroatoms. The van der Waals surface area contributed by atoms with Gasteiger partial charge in [0.2, 0.25) is 5.91 Å². The molecule has 0 aromatic rings. The first-order valence-electron chi connectivity index (χ1n) is 7.40. The van der Waals surface area contributed by atoms with Crippen LogP contribution in [0.25, 0.3) is 0 Å². The summed E-state index contributed by atoms with van der Waals surface area (Å²) in [5, 5.41) is 0. The first kappa shape index (κ1) is 20.5. The number of amides is 1. The molecule has 0 heterocycles. The molecule has 0 bridgehead atoms. The highest BCUT2D eigenvalue weighted by Crippen LogP contribution is 2.30. The van der Waals surface area contributed by atoms with E-state index in [-0.39, 0.29) is 24.9 Å². The van der Waals surface area contributed by atoms with Crippen molar-refractivity contribution in [3.8, 4) is 0 Å². The minimum Gasteiger partial charge on any atom is -0.459 e. The van der Waals surface area contributed by atoms with Crippen molar-refractivity contribution < 1.29 is 35.9 Å². The summed E-state index contributed by atoms with van der Waals surface area (Å²) < 4.78 is 64.3. The lowest BCUT2D eigenvalue weighted by Gasteiger charge is -2.28. The fourth-order valence-corrected chi connectivity index (χ4v) is 2.90. The monoisotopic (exact) mass is 371 g/mol. The van der Waals surface area contributed by atoms with Crippen molar-refractivity contribution in [3.63, 3.8) is 0 Å². The van der Waals surface area contributed by atoms with E-state index in [1.807, 2.05) is 0 Å². The molecule has 138 valence electrons. The van der Waals surface area contributed by atoms with Gasteiger partial charge >= 0.3 is 21.5 Å². The van der Waals surface area contributed by atoms with Gasteiger partial charge in [-0.1, -0.05) is 6.58 Å². The molecule has 1 saturated carbocycles.